The van der Waals surface area contributed by atoms with Crippen LogP contribution in [0.2, 0.25) is 0 Å². The molecule has 0 saturated carbocycles. The maximum absolute atomic E-state index is 14.3. The van der Waals surface area contributed by atoms with Crippen molar-refractivity contribution in [3.05, 3.63) is 168 Å². The molecule has 6 heteroatoms. The van der Waals surface area contributed by atoms with Crippen molar-refractivity contribution in [2.45, 2.75) is 32.7 Å². The molecule has 0 N–H and O–H groups in total. The molecule has 0 unspecified atom stereocenters. The second-order valence-electron chi connectivity index (χ2n) is 12.0. The molecule has 1 aliphatic carbocycles. The topological polar surface area (TPSA) is 48.5 Å². The highest BCUT2D eigenvalue weighted by Gasteiger charge is 2.32. The number of fused-ring (bicyclic) bond motifs is 3. The van der Waals surface area contributed by atoms with Crippen molar-refractivity contribution in [3.63, 3.8) is 0 Å². The van der Waals surface area contributed by atoms with E-state index in [-0.39, 0.29) is 11.6 Å². The molecule has 46 heavy (non-hydrogen) atoms. The second kappa shape index (κ2) is 11.3. The van der Waals surface area contributed by atoms with Gasteiger partial charge >= 0.3 is 0 Å². The monoisotopic (exact) mass is 619 g/mol. The average Bonchev–Trinajstić information content (AvgIpc) is 3.56. The summed E-state index contributed by atoms with van der Waals surface area (Å²) in [6.07, 6.45) is 3.82. The third kappa shape index (κ3) is 4.68. The van der Waals surface area contributed by atoms with E-state index in [1.807, 2.05) is 28.8 Å². The van der Waals surface area contributed by atoms with Gasteiger partial charge in [0.25, 0.3) is 5.56 Å². The summed E-state index contributed by atoms with van der Waals surface area (Å²) >= 11 is 1.47. The van der Waals surface area contributed by atoms with Crippen LogP contribution < -0.4 is 19.6 Å². The van der Waals surface area contributed by atoms with Crippen molar-refractivity contribution in [3.8, 4) is 22.6 Å². The van der Waals surface area contributed by atoms with Crippen LogP contribution in [0.5, 0.6) is 5.75 Å². The van der Waals surface area contributed by atoms with Crippen LogP contribution in [0.25, 0.3) is 28.6 Å². The first-order valence-corrected chi connectivity index (χ1v) is 16.4. The minimum absolute atomic E-state index is 0.0148. The fraction of sp³-hybridized carbons (Fsp3) is 0.150. The molecule has 1 aliphatic heterocycles. The maximum atomic E-state index is 14.3. The predicted molar refractivity (Wildman–Crippen MR) is 186 cm³/mol. The number of benzene rings is 4. The first-order valence-electron chi connectivity index (χ1n) is 15.6. The summed E-state index contributed by atoms with van der Waals surface area (Å²) in [7, 11) is 1.68. The number of ether oxygens (including phenoxy) is 1. The van der Waals surface area contributed by atoms with Gasteiger partial charge in [-0.05, 0) is 96.5 Å². The van der Waals surface area contributed by atoms with E-state index >= 15 is 0 Å². The molecule has 0 bridgehead atoms. The van der Waals surface area contributed by atoms with E-state index < -0.39 is 0 Å². The Morgan fingerprint density at radius 3 is 2.41 bits per heavy atom. The zero-order valence-electron chi connectivity index (χ0n) is 26.0. The van der Waals surface area contributed by atoms with Crippen molar-refractivity contribution >= 4 is 23.1 Å². The highest BCUT2D eigenvalue weighted by atomic mass is 32.1. The summed E-state index contributed by atoms with van der Waals surface area (Å²) in [5, 5.41) is 0. The van der Waals surface area contributed by atoms with Crippen LogP contribution >= 0.6 is 11.3 Å². The molecule has 6 aromatic rings. The van der Waals surface area contributed by atoms with Gasteiger partial charge in [0.15, 0.2) is 4.80 Å². The van der Waals surface area contributed by atoms with Gasteiger partial charge in [-0.25, -0.2) is 4.99 Å². The Balaban J connectivity index is 1.26. The van der Waals surface area contributed by atoms with Gasteiger partial charge < -0.3 is 9.30 Å². The Hall–Kier alpha value is -5.20. The second-order valence-corrected chi connectivity index (χ2v) is 13.0. The van der Waals surface area contributed by atoms with Gasteiger partial charge in [-0.15, -0.1) is 0 Å². The van der Waals surface area contributed by atoms with Crippen LogP contribution in [-0.4, -0.2) is 16.2 Å². The molecule has 2 aliphatic rings. The number of aryl methyl sites for hydroxylation is 2. The van der Waals surface area contributed by atoms with E-state index in [1.165, 1.54) is 33.6 Å². The lowest BCUT2D eigenvalue weighted by Gasteiger charge is -2.31. The predicted octanol–water partition coefficient (Wildman–Crippen LogP) is 7.40. The van der Waals surface area contributed by atoms with Gasteiger partial charge in [0, 0.05) is 22.6 Å². The number of nitrogens with zero attached hydrogens (tertiary/aromatic N) is 3. The molecule has 5 nitrogen and oxygen atoms in total. The number of aromatic nitrogens is 2. The number of methoxy groups -OCH3 is 1. The van der Waals surface area contributed by atoms with E-state index in [0.29, 0.717) is 4.53 Å². The Morgan fingerprint density at radius 2 is 1.61 bits per heavy atom. The molecule has 1 atom stereocenters. The van der Waals surface area contributed by atoms with Crippen molar-refractivity contribution in [2.24, 2.45) is 4.99 Å². The summed E-state index contributed by atoms with van der Waals surface area (Å²) in [5.41, 5.74) is 12.4. The lowest BCUT2D eigenvalue weighted by atomic mass is 9.83. The Bertz CT molecular complexity index is 2340. The molecule has 4 aromatic carbocycles. The number of hydrogen-bond acceptors (Lipinski definition) is 4. The zero-order valence-corrected chi connectivity index (χ0v) is 26.8. The molecule has 0 radical (unpaired) electrons. The van der Waals surface area contributed by atoms with Crippen molar-refractivity contribution in [1.82, 2.24) is 9.13 Å². The summed E-state index contributed by atoms with van der Waals surface area (Å²) in [5.74, 6) is 0.777. The molecule has 3 heterocycles. The Morgan fingerprint density at radius 1 is 0.848 bits per heavy atom. The van der Waals surface area contributed by atoms with Gasteiger partial charge in [-0.1, -0.05) is 90.2 Å². The molecule has 0 fully saturated rings. The SMILES string of the molecule is COc1cccc([C@H]2C3=C(N=c4s/c(=C/c5cc(C)n(-c6ccc(-c7ccccc7)cc6)c5C)c(=O)n42)c2ccccc2CC3)c1. The first kappa shape index (κ1) is 28.3. The summed E-state index contributed by atoms with van der Waals surface area (Å²) < 4.78 is 10.4. The molecular formula is C40H33N3O2S. The number of allylic oxidation sites excluding steroid dienone is 1. The van der Waals surface area contributed by atoms with Crippen LogP contribution in [-0.2, 0) is 6.42 Å². The van der Waals surface area contributed by atoms with E-state index in [1.54, 1.807) is 7.11 Å². The molecule has 0 amide bonds. The molecule has 0 saturated heterocycles. The first-order chi connectivity index (χ1) is 22.5. The fourth-order valence-corrected chi connectivity index (χ4v) is 8.03. The smallest absolute Gasteiger partial charge is 0.271 e. The van der Waals surface area contributed by atoms with Gasteiger partial charge in [-0.2, -0.15) is 0 Å². The Kier molecular flexibility index (Phi) is 6.95. The van der Waals surface area contributed by atoms with E-state index in [4.69, 9.17) is 9.73 Å². The van der Waals surface area contributed by atoms with Crippen LogP contribution in [0.3, 0.4) is 0 Å². The van der Waals surface area contributed by atoms with Gasteiger partial charge in [0.1, 0.15) is 5.75 Å². The lowest BCUT2D eigenvalue weighted by Crippen LogP contribution is -2.38. The number of rotatable bonds is 5. The number of thiazole rings is 1. The third-order valence-corrected chi connectivity index (χ3v) is 10.3. The third-order valence-electron chi connectivity index (χ3n) is 9.27. The van der Waals surface area contributed by atoms with E-state index in [2.05, 4.69) is 109 Å². The Labute approximate surface area is 271 Å². The average molecular weight is 620 g/mol. The standard InChI is InChI=1S/C40H33N3O2S/c1-25-22-31(26(2)42(25)32-19-16-28(17-20-32)27-10-5-4-6-11-27)24-36-39(44)43-38(30-13-9-14-33(23-30)45-3)35-21-18-29-12-7-8-15-34(29)37(35)41-40(43)46-36/h4-17,19-20,22-24,38H,18,21H2,1-3H3/b36-24+/t38-/m0/s1. The highest BCUT2D eigenvalue weighted by molar-refractivity contribution is 7.07. The summed E-state index contributed by atoms with van der Waals surface area (Å²) in [6, 6.07) is 37.6. The zero-order chi connectivity index (χ0) is 31.4. The van der Waals surface area contributed by atoms with Crippen molar-refractivity contribution in [1.29, 1.82) is 0 Å². The maximum Gasteiger partial charge on any atom is 0.271 e. The quantitative estimate of drug-likeness (QED) is 0.202. The van der Waals surface area contributed by atoms with Crippen molar-refractivity contribution in [2.75, 3.05) is 7.11 Å². The molecule has 0 spiro atoms. The van der Waals surface area contributed by atoms with Crippen LogP contribution in [0.4, 0.5) is 0 Å². The normalized spacial score (nSPS) is 15.6. The molecule has 2 aromatic heterocycles. The highest BCUT2D eigenvalue weighted by Crippen LogP contribution is 2.41. The summed E-state index contributed by atoms with van der Waals surface area (Å²) in [6.45, 7) is 4.24. The summed E-state index contributed by atoms with van der Waals surface area (Å²) in [4.78, 5) is 20.3. The molecule has 226 valence electrons. The van der Waals surface area contributed by atoms with Crippen LogP contribution in [0.1, 0.15) is 46.1 Å². The van der Waals surface area contributed by atoms with Crippen LogP contribution in [0, 0.1) is 13.8 Å². The largest absolute Gasteiger partial charge is 0.497 e. The van der Waals surface area contributed by atoms with Crippen LogP contribution in [0.15, 0.2) is 125 Å². The minimum atomic E-state index is -0.243. The van der Waals surface area contributed by atoms with Gasteiger partial charge in [0.2, 0.25) is 0 Å². The van der Waals surface area contributed by atoms with Crippen molar-refractivity contribution < 1.29 is 4.74 Å². The lowest BCUT2D eigenvalue weighted by molar-refractivity contribution is 0.413. The molecule has 8 rings (SSSR count). The van der Waals surface area contributed by atoms with Gasteiger partial charge in [-0.3, -0.25) is 9.36 Å². The number of hydrogen-bond donors (Lipinski definition) is 0. The van der Waals surface area contributed by atoms with Gasteiger partial charge in [0.05, 0.1) is 23.4 Å². The van der Waals surface area contributed by atoms with E-state index in [9.17, 15) is 4.79 Å². The molecular weight excluding hydrogens is 587 g/mol. The van der Waals surface area contributed by atoms with E-state index in [0.717, 1.165) is 62.9 Å². The fourth-order valence-electron chi connectivity index (χ4n) is 7.04. The minimum Gasteiger partial charge on any atom is -0.497 e.